The van der Waals surface area contributed by atoms with Crippen molar-refractivity contribution in [2.24, 2.45) is 0 Å². The van der Waals surface area contributed by atoms with Gasteiger partial charge in [-0.25, -0.2) is 0 Å². The Hall–Kier alpha value is -0.610. The third-order valence-electron chi connectivity index (χ3n) is 2.98. The molecule has 0 aromatic carbocycles. The van der Waals surface area contributed by atoms with Crippen molar-refractivity contribution in [1.29, 1.82) is 0 Å². The van der Waals surface area contributed by atoms with Crippen LogP contribution < -0.4 is 5.32 Å². The van der Waals surface area contributed by atoms with Crippen LogP contribution in [0.4, 0.5) is 0 Å². The maximum atomic E-state index is 10.7. The minimum Gasteiger partial charge on any atom is -0.481 e. The topological polar surface area (TPSA) is 52.6 Å². The van der Waals surface area contributed by atoms with Gasteiger partial charge in [0.25, 0.3) is 0 Å². The van der Waals surface area contributed by atoms with Crippen molar-refractivity contribution in [3.05, 3.63) is 0 Å². The molecule has 1 aliphatic rings. The summed E-state index contributed by atoms with van der Waals surface area (Å²) in [6.45, 7) is 8.34. The molecular weight excluding hydrogens is 192 g/mol. The van der Waals surface area contributed by atoms with E-state index < -0.39 is 5.97 Å². The monoisotopic (exact) mass is 214 g/mol. The molecule has 0 spiro atoms. The summed E-state index contributed by atoms with van der Waals surface area (Å²) in [5, 5.41) is 12.2. The van der Waals surface area contributed by atoms with Crippen molar-refractivity contribution >= 4 is 5.97 Å². The van der Waals surface area contributed by atoms with Gasteiger partial charge in [0, 0.05) is 24.7 Å². The van der Waals surface area contributed by atoms with Crippen molar-refractivity contribution in [3.8, 4) is 0 Å². The number of carboxylic acids is 1. The average Bonchev–Trinajstić information content (AvgIpc) is 2.26. The summed E-state index contributed by atoms with van der Waals surface area (Å²) in [6, 6.07) is 0.994. The van der Waals surface area contributed by atoms with Crippen LogP contribution >= 0.6 is 0 Å². The first-order valence-electron chi connectivity index (χ1n) is 5.71. The molecule has 4 nitrogen and oxygen atoms in total. The van der Waals surface area contributed by atoms with Crippen molar-refractivity contribution in [2.75, 3.05) is 13.1 Å². The van der Waals surface area contributed by atoms with Crippen molar-refractivity contribution in [2.45, 2.75) is 51.7 Å². The van der Waals surface area contributed by atoms with Crippen molar-refractivity contribution in [3.63, 3.8) is 0 Å². The first-order chi connectivity index (χ1) is 6.99. The molecule has 0 aliphatic carbocycles. The first kappa shape index (κ1) is 12.5. The quantitative estimate of drug-likeness (QED) is 0.733. The van der Waals surface area contributed by atoms with Crippen LogP contribution in [0, 0.1) is 0 Å². The van der Waals surface area contributed by atoms with E-state index in [1.165, 1.54) is 0 Å². The van der Waals surface area contributed by atoms with Gasteiger partial charge in [-0.2, -0.15) is 0 Å². The van der Waals surface area contributed by atoms with Gasteiger partial charge in [-0.3, -0.25) is 9.69 Å². The molecule has 0 amide bonds. The van der Waals surface area contributed by atoms with Gasteiger partial charge in [-0.1, -0.05) is 0 Å². The fraction of sp³-hybridized carbons (Fsp3) is 0.909. The number of rotatable bonds is 3. The molecule has 4 heteroatoms. The number of hydrogen-bond acceptors (Lipinski definition) is 3. The van der Waals surface area contributed by atoms with Crippen LogP contribution in [-0.4, -0.2) is 47.2 Å². The fourth-order valence-electron chi connectivity index (χ4n) is 2.08. The van der Waals surface area contributed by atoms with Crippen molar-refractivity contribution < 1.29 is 9.90 Å². The zero-order valence-electron chi connectivity index (χ0n) is 9.86. The lowest BCUT2D eigenvalue weighted by atomic mass is 10.1. The summed E-state index contributed by atoms with van der Waals surface area (Å²) in [4.78, 5) is 13.1. The third kappa shape index (κ3) is 4.18. The summed E-state index contributed by atoms with van der Waals surface area (Å²) >= 11 is 0. The molecule has 0 aromatic heterocycles. The molecule has 1 heterocycles. The standard InChI is InChI=1S/C11H22N2O2/c1-8(2)13-5-4-9(3)12-10(7-13)6-11(14)15/h8-10,12H,4-7H2,1-3H3,(H,14,15). The van der Waals surface area contributed by atoms with E-state index in [1.807, 2.05) is 0 Å². The fourth-order valence-corrected chi connectivity index (χ4v) is 2.08. The van der Waals surface area contributed by atoms with Gasteiger partial charge in [-0.05, 0) is 33.7 Å². The summed E-state index contributed by atoms with van der Waals surface area (Å²) in [7, 11) is 0. The Morgan fingerprint density at radius 1 is 1.60 bits per heavy atom. The van der Waals surface area contributed by atoms with Gasteiger partial charge in [0.05, 0.1) is 6.42 Å². The second-order valence-electron chi connectivity index (χ2n) is 4.74. The number of nitrogens with zero attached hydrogens (tertiary/aromatic N) is 1. The van der Waals surface area contributed by atoms with E-state index in [-0.39, 0.29) is 12.5 Å². The number of hydrogen-bond donors (Lipinski definition) is 2. The molecule has 1 saturated heterocycles. The highest BCUT2D eigenvalue weighted by Gasteiger charge is 2.24. The first-order valence-corrected chi connectivity index (χ1v) is 5.71. The highest BCUT2D eigenvalue weighted by molar-refractivity contribution is 5.67. The zero-order valence-corrected chi connectivity index (χ0v) is 9.86. The largest absolute Gasteiger partial charge is 0.481 e. The summed E-state index contributed by atoms with van der Waals surface area (Å²) in [5.74, 6) is -0.717. The van der Waals surface area contributed by atoms with E-state index in [9.17, 15) is 4.79 Å². The van der Waals surface area contributed by atoms with Gasteiger partial charge in [-0.15, -0.1) is 0 Å². The highest BCUT2D eigenvalue weighted by Crippen LogP contribution is 2.10. The smallest absolute Gasteiger partial charge is 0.304 e. The number of nitrogens with one attached hydrogen (secondary N) is 1. The number of carbonyl (C=O) groups is 1. The second-order valence-corrected chi connectivity index (χ2v) is 4.74. The third-order valence-corrected chi connectivity index (χ3v) is 2.98. The van der Waals surface area contributed by atoms with Crippen LogP contribution in [0.5, 0.6) is 0 Å². The Kier molecular flexibility index (Phi) is 4.54. The van der Waals surface area contributed by atoms with E-state index in [0.29, 0.717) is 12.1 Å². The van der Waals surface area contributed by atoms with Crippen LogP contribution in [-0.2, 0) is 4.79 Å². The molecule has 0 radical (unpaired) electrons. The molecule has 88 valence electrons. The van der Waals surface area contributed by atoms with E-state index in [0.717, 1.165) is 19.5 Å². The molecule has 0 saturated carbocycles. The molecule has 15 heavy (non-hydrogen) atoms. The predicted molar refractivity (Wildman–Crippen MR) is 60.0 cm³/mol. The Balaban J connectivity index is 2.57. The van der Waals surface area contributed by atoms with E-state index in [4.69, 9.17) is 5.11 Å². The Labute approximate surface area is 91.6 Å². The minimum absolute atomic E-state index is 0.0856. The van der Waals surface area contributed by atoms with Gasteiger partial charge in [0.15, 0.2) is 0 Å². The van der Waals surface area contributed by atoms with Crippen LogP contribution in [0.15, 0.2) is 0 Å². The van der Waals surface area contributed by atoms with Gasteiger partial charge in [0.2, 0.25) is 0 Å². The molecule has 0 aromatic rings. The molecule has 2 atom stereocenters. The molecule has 1 aliphatic heterocycles. The van der Waals surface area contributed by atoms with E-state index in [2.05, 4.69) is 31.0 Å². The predicted octanol–water partition coefficient (Wildman–Crippen LogP) is 0.922. The van der Waals surface area contributed by atoms with Gasteiger partial charge >= 0.3 is 5.97 Å². The van der Waals surface area contributed by atoms with Crippen LogP contribution in [0.2, 0.25) is 0 Å². The SMILES string of the molecule is CC1CCN(C(C)C)CC(CC(=O)O)N1. The molecule has 1 fully saturated rings. The summed E-state index contributed by atoms with van der Waals surface area (Å²) in [5.41, 5.74) is 0. The molecule has 0 bridgehead atoms. The van der Waals surface area contributed by atoms with E-state index in [1.54, 1.807) is 0 Å². The zero-order chi connectivity index (χ0) is 11.4. The maximum absolute atomic E-state index is 10.7. The molecule has 2 unspecified atom stereocenters. The molecule has 1 rings (SSSR count). The normalized spacial score (nSPS) is 29.1. The van der Waals surface area contributed by atoms with Crippen molar-refractivity contribution in [1.82, 2.24) is 10.2 Å². The molecular formula is C11H22N2O2. The number of aliphatic carboxylic acids is 1. The average molecular weight is 214 g/mol. The summed E-state index contributed by atoms with van der Waals surface area (Å²) < 4.78 is 0. The Morgan fingerprint density at radius 3 is 2.80 bits per heavy atom. The van der Waals surface area contributed by atoms with Gasteiger partial charge in [0.1, 0.15) is 0 Å². The highest BCUT2D eigenvalue weighted by atomic mass is 16.4. The lowest BCUT2D eigenvalue weighted by Gasteiger charge is -2.27. The van der Waals surface area contributed by atoms with Crippen LogP contribution in [0.25, 0.3) is 0 Å². The van der Waals surface area contributed by atoms with Gasteiger partial charge < -0.3 is 10.4 Å². The van der Waals surface area contributed by atoms with Crippen LogP contribution in [0.1, 0.15) is 33.6 Å². The van der Waals surface area contributed by atoms with Crippen LogP contribution in [0.3, 0.4) is 0 Å². The minimum atomic E-state index is -0.717. The number of carboxylic acid groups (broad SMARTS) is 1. The van der Waals surface area contributed by atoms with E-state index >= 15 is 0 Å². The lowest BCUT2D eigenvalue weighted by molar-refractivity contribution is -0.137. The Morgan fingerprint density at radius 2 is 2.27 bits per heavy atom. The second kappa shape index (κ2) is 5.47. The Bertz CT molecular complexity index is 219. The maximum Gasteiger partial charge on any atom is 0.304 e. The lowest BCUT2D eigenvalue weighted by Crippen LogP contribution is -2.43. The summed E-state index contributed by atoms with van der Waals surface area (Å²) in [6.07, 6.45) is 1.31. The molecule has 2 N–H and O–H groups in total.